The average molecular weight is 286 g/mol. The maximum atomic E-state index is 12.8. The fraction of sp³-hybridized carbons (Fsp3) is 0.500. The highest BCUT2D eigenvalue weighted by molar-refractivity contribution is 6.03. The third-order valence-corrected chi connectivity index (χ3v) is 4.67. The van der Waals surface area contributed by atoms with Crippen LogP contribution in [-0.4, -0.2) is 22.6 Å². The van der Waals surface area contributed by atoms with Crippen LogP contribution < -0.4 is 11.1 Å². The van der Waals surface area contributed by atoms with E-state index in [-0.39, 0.29) is 5.91 Å². The Hall–Kier alpha value is -1.88. The summed E-state index contributed by atoms with van der Waals surface area (Å²) in [6, 6.07) is 5.78. The van der Waals surface area contributed by atoms with Crippen LogP contribution in [-0.2, 0) is 4.79 Å². The predicted molar refractivity (Wildman–Crippen MR) is 83.9 cm³/mol. The molecule has 1 aliphatic carbocycles. The smallest absolute Gasteiger partial charge is 0.231 e. The average Bonchev–Trinajstić information content (AvgIpc) is 2.85. The zero-order chi connectivity index (χ0) is 14.7. The van der Waals surface area contributed by atoms with E-state index in [0.29, 0.717) is 6.54 Å². The summed E-state index contributed by atoms with van der Waals surface area (Å²) in [5, 5.41) is 11.0. The number of nitrogens with zero attached hydrogens (tertiary/aromatic N) is 1. The minimum atomic E-state index is -0.414. The van der Waals surface area contributed by atoms with Gasteiger partial charge in [-0.15, -0.1) is 0 Å². The predicted octanol–water partition coefficient (Wildman–Crippen LogP) is 2.80. The Morgan fingerprint density at radius 1 is 1.29 bits per heavy atom. The molecule has 1 fully saturated rings. The molecule has 0 unspecified atom stereocenters. The molecule has 0 bridgehead atoms. The van der Waals surface area contributed by atoms with Crippen molar-refractivity contribution >= 4 is 22.5 Å². The van der Waals surface area contributed by atoms with E-state index in [2.05, 4.69) is 15.5 Å². The third kappa shape index (κ3) is 2.65. The van der Waals surface area contributed by atoms with Crippen LogP contribution in [0, 0.1) is 5.41 Å². The van der Waals surface area contributed by atoms with Crippen LogP contribution in [0.1, 0.15) is 38.5 Å². The van der Waals surface area contributed by atoms with Crippen molar-refractivity contribution in [3.8, 4) is 0 Å². The Bertz CT molecular complexity index is 626. The lowest BCUT2D eigenvalue weighted by atomic mass is 9.79. The first-order valence-electron chi connectivity index (χ1n) is 7.69. The van der Waals surface area contributed by atoms with Crippen LogP contribution >= 0.6 is 0 Å². The van der Waals surface area contributed by atoms with Gasteiger partial charge in [-0.25, -0.2) is 0 Å². The number of rotatable bonds is 3. The molecule has 0 saturated heterocycles. The first kappa shape index (κ1) is 14.1. The van der Waals surface area contributed by atoms with E-state index in [1.807, 2.05) is 18.2 Å². The molecular formula is C16H22N4O. The van der Waals surface area contributed by atoms with Gasteiger partial charge in [0.05, 0.1) is 22.8 Å². The van der Waals surface area contributed by atoms with Crippen molar-refractivity contribution in [2.45, 2.75) is 38.5 Å². The van der Waals surface area contributed by atoms with Crippen molar-refractivity contribution in [1.29, 1.82) is 0 Å². The van der Waals surface area contributed by atoms with Gasteiger partial charge >= 0.3 is 0 Å². The van der Waals surface area contributed by atoms with E-state index in [1.165, 1.54) is 12.8 Å². The number of carbonyl (C=O) groups is 1. The lowest BCUT2D eigenvalue weighted by Crippen LogP contribution is -2.42. The first-order chi connectivity index (χ1) is 10.2. The molecule has 1 aromatic carbocycles. The Morgan fingerprint density at radius 3 is 2.76 bits per heavy atom. The summed E-state index contributed by atoms with van der Waals surface area (Å²) < 4.78 is 0. The molecule has 3 rings (SSSR count). The zero-order valence-electron chi connectivity index (χ0n) is 12.2. The zero-order valence-corrected chi connectivity index (χ0v) is 12.2. The van der Waals surface area contributed by atoms with Crippen LogP contribution in [0.3, 0.4) is 0 Å². The minimum Gasteiger partial charge on any atom is -0.329 e. The molecule has 0 spiro atoms. The van der Waals surface area contributed by atoms with Crippen LogP contribution in [0.15, 0.2) is 24.4 Å². The Balaban J connectivity index is 1.85. The maximum Gasteiger partial charge on any atom is 0.231 e. The lowest BCUT2D eigenvalue weighted by molar-refractivity contribution is -0.125. The van der Waals surface area contributed by atoms with Gasteiger partial charge in [0.25, 0.3) is 0 Å². The fourth-order valence-corrected chi connectivity index (χ4v) is 3.26. The van der Waals surface area contributed by atoms with Gasteiger partial charge in [-0.3, -0.25) is 9.89 Å². The largest absolute Gasteiger partial charge is 0.329 e. The van der Waals surface area contributed by atoms with Crippen LogP contribution in [0.25, 0.3) is 10.9 Å². The molecule has 21 heavy (non-hydrogen) atoms. The van der Waals surface area contributed by atoms with E-state index in [9.17, 15) is 4.79 Å². The molecule has 1 heterocycles. The highest BCUT2D eigenvalue weighted by Crippen LogP contribution is 2.36. The van der Waals surface area contributed by atoms with Crippen LogP contribution in [0.4, 0.5) is 5.69 Å². The monoisotopic (exact) mass is 286 g/mol. The van der Waals surface area contributed by atoms with Gasteiger partial charge < -0.3 is 11.1 Å². The van der Waals surface area contributed by atoms with Crippen molar-refractivity contribution in [2.24, 2.45) is 11.1 Å². The molecule has 0 atom stereocenters. The number of aromatic amines is 1. The number of fused-ring (bicyclic) bond motifs is 1. The summed E-state index contributed by atoms with van der Waals surface area (Å²) in [6.45, 7) is 0.417. The number of aromatic nitrogens is 2. The summed E-state index contributed by atoms with van der Waals surface area (Å²) in [4.78, 5) is 12.8. The number of nitrogens with one attached hydrogen (secondary N) is 2. The van der Waals surface area contributed by atoms with Gasteiger partial charge in [0, 0.05) is 11.9 Å². The highest BCUT2D eigenvalue weighted by Gasteiger charge is 2.37. The van der Waals surface area contributed by atoms with E-state index in [4.69, 9.17) is 5.73 Å². The molecule has 112 valence electrons. The molecule has 4 N–H and O–H groups in total. The second-order valence-corrected chi connectivity index (χ2v) is 5.99. The van der Waals surface area contributed by atoms with Crippen molar-refractivity contribution in [3.05, 3.63) is 24.4 Å². The number of benzene rings is 1. The quantitative estimate of drug-likeness (QED) is 0.759. The summed E-state index contributed by atoms with van der Waals surface area (Å²) in [5.41, 5.74) is 7.30. The Morgan fingerprint density at radius 2 is 2.05 bits per heavy atom. The Kier molecular flexibility index (Phi) is 3.92. The van der Waals surface area contributed by atoms with Crippen molar-refractivity contribution < 1.29 is 4.79 Å². The SMILES string of the molecule is NCC1(C(=O)Nc2cccc3[nH]ncc23)CCCCCC1. The summed E-state index contributed by atoms with van der Waals surface area (Å²) in [5.74, 6) is 0.0561. The molecule has 1 aliphatic rings. The summed E-state index contributed by atoms with van der Waals surface area (Å²) in [6.07, 6.45) is 8.08. The highest BCUT2D eigenvalue weighted by atomic mass is 16.2. The topological polar surface area (TPSA) is 83.8 Å². The number of H-pyrrole nitrogens is 1. The maximum absolute atomic E-state index is 12.8. The fourth-order valence-electron chi connectivity index (χ4n) is 3.26. The van der Waals surface area contributed by atoms with Crippen molar-refractivity contribution in [1.82, 2.24) is 10.2 Å². The van der Waals surface area contributed by atoms with Gasteiger partial charge in [0.2, 0.25) is 5.91 Å². The second kappa shape index (κ2) is 5.85. The number of hydrogen-bond acceptors (Lipinski definition) is 3. The molecule has 0 radical (unpaired) electrons. The standard InChI is InChI=1S/C16H22N4O/c17-11-16(8-3-1-2-4-9-16)15(21)19-13-6-5-7-14-12(13)10-18-20-14/h5-7,10H,1-4,8-9,11,17H2,(H,18,20)(H,19,21). The van der Waals surface area contributed by atoms with Gasteiger partial charge in [-0.1, -0.05) is 31.7 Å². The van der Waals surface area contributed by atoms with Crippen molar-refractivity contribution in [2.75, 3.05) is 11.9 Å². The Labute approximate surface area is 124 Å². The van der Waals surface area contributed by atoms with E-state index in [0.717, 1.165) is 42.3 Å². The number of amides is 1. The van der Waals surface area contributed by atoms with E-state index < -0.39 is 5.41 Å². The van der Waals surface area contributed by atoms with Gasteiger partial charge in [0.15, 0.2) is 0 Å². The van der Waals surface area contributed by atoms with Crippen molar-refractivity contribution in [3.63, 3.8) is 0 Å². The minimum absolute atomic E-state index is 0.0561. The molecule has 5 heteroatoms. The number of nitrogens with two attached hydrogens (primary N) is 1. The van der Waals surface area contributed by atoms with E-state index in [1.54, 1.807) is 6.20 Å². The van der Waals surface area contributed by atoms with Crippen LogP contribution in [0.2, 0.25) is 0 Å². The number of hydrogen-bond donors (Lipinski definition) is 3. The number of anilines is 1. The molecule has 2 aromatic rings. The molecule has 0 aliphatic heterocycles. The lowest BCUT2D eigenvalue weighted by Gasteiger charge is -2.30. The van der Waals surface area contributed by atoms with E-state index >= 15 is 0 Å². The molecule has 1 aromatic heterocycles. The third-order valence-electron chi connectivity index (χ3n) is 4.67. The molecular weight excluding hydrogens is 264 g/mol. The molecule has 1 saturated carbocycles. The summed E-state index contributed by atoms with van der Waals surface area (Å²) in [7, 11) is 0. The molecule has 5 nitrogen and oxygen atoms in total. The summed E-state index contributed by atoms with van der Waals surface area (Å²) >= 11 is 0. The van der Waals surface area contributed by atoms with Crippen LogP contribution in [0.5, 0.6) is 0 Å². The first-order valence-corrected chi connectivity index (χ1v) is 7.69. The van der Waals surface area contributed by atoms with Gasteiger partial charge in [-0.05, 0) is 25.0 Å². The number of carbonyl (C=O) groups excluding carboxylic acids is 1. The van der Waals surface area contributed by atoms with Gasteiger partial charge in [0.1, 0.15) is 0 Å². The normalized spacial score (nSPS) is 18.3. The second-order valence-electron chi connectivity index (χ2n) is 5.99. The van der Waals surface area contributed by atoms with Gasteiger partial charge in [-0.2, -0.15) is 5.10 Å². The molecule has 1 amide bonds.